The van der Waals surface area contributed by atoms with Crippen molar-refractivity contribution >= 4 is 0 Å². The van der Waals surface area contributed by atoms with Crippen molar-refractivity contribution in [1.29, 1.82) is 0 Å². The smallest absolute Gasteiger partial charge is 0.111 e. The van der Waals surface area contributed by atoms with Gasteiger partial charge in [-0.05, 0) is 12.5 Å². The summed E-state index contributed by atoms with van der Waals surface area (Å²) in [6.07, 6.45) is 7.99. The van der Waals surface area contributed by atoms with Gasteiger partial charge >= 0.3 is 0 Å². The Balaban J connectivity index is 3.00. The molecule has 0 saturated heterocycles. The molecule has 70 valence electrons. The van der Waals surface area contributed by atoms with Crippen molar-refractivity contribution < 1.29 is 4.74 Å². The van der Waals surface area contributed by atoms with Gasteiger partial charge in [0.1, 0.15) is 5.76 Å². The van der Waals surface area contributed by atoms with Crippen LogP contribution in [-0.4, -0.2) is 6.61 Å². The Morgan fingerprint density at radius 2 is 1.92 bits per heavy atom. The van der Waals surface area contributed by atoms with Crippen LogP contribution >= 0.6 is 0 Å². The zero-order valence-corrected chi connectivity index (χ0v) is 8.14. The first-order chi connectivity index (χ1) is 5.81. The lowest BCUT2D eigenvalue weighted by molar-refractivity contribution is 0.218. The topological polar surface area (TPSA) is 9.23 Å². The summed E-state index contributed by atoms with van der Waals surface area (Å²) >= 11 is 0. The highest BCUT2D eigenvalue weighted by molar-refractivity contribution is 5.01. The minimum absolute atomic E-state index is 0.686. The third-order valence-electron chi connectivity index (χ3n) is 1.76. The van der Waals surface area contributed by atoms with Crippen LogP contribution in [0, 0.1) is 0 Å². The molecule has 0 aliphatic rings. The van der Waals surface area contributed by atoms with E-state index in [-0.39, 0.29) is 0 Å². The van der Waals surface area contributed by atoms with Crippen molar-refractivity contribution in [2.45, 2.75) is 39.0 Å². The number of rotatable bonds is 8. The lowest BCUT2D eigenvalue weighted by Gasteiger charge is -2.04. The first kappa shape index (κ1) is 11.3. The van der Waals surface area contributed by atoms with E-state index in [0.29, 0.717) is 5.76 Å². The van der Waals surface area contributed by atoms with Crippen molar-refractivity contribution in [3.8, 4) is 0 Å². The van der Waals surface area contributed by atoms with Crippen LogP contribution in [0.15, 0.2) is 25.0 Å². The molecule has 0 unspecified atom stereocenters. The minimum Gasteiger partial charge on any atom is -0.494 e. The quantitative estimate of drug-likeness (QED) is 0.305. The standard InChI is InChI=1S/C11H20O/c1-4-6-7-8-9-10-12-11(3)5-2/h5H,2-4,6-10H2,1H3. The third-order valence-corrected chi connectivity index (χ3v) is 1.76. The molecule has 0 radical (unpaired) electrons. The van der Waals surface area contributed by atoms with E-state index in [2.05, 4.69) is 20.1 Å². The predicted octanol–water partition coefficient (Wildman–Crippen LogP) is 3.67. The molecular formula is C11H20O. The summed E-state index contributed by atoms with van der Waals surface area (Å²) in [5.41, 5.74) is 0. The highest BCUT2D eigenvalue weighted by atomic mass is 16.5. The van der Waals surface area contributed by atoms with E-state index in [1.54, 1.807) is 6.08 Å². The van der Waals surface area contributed by atoms with E-state index < -0.39 is 0 Å². The molecular weight excluding hydrogens is 148 g/mol. The zero-order chi connectivity index (χ0) is 9.23. The lowest BCUT2D eigenvalue weighted by atomic mass is 10.2. The monoisotopic (exact) mass is 168 g/mol. The summed E-state index contributed by atoms with van der Waals surface area (Å²) in [5, 5.41) is 0. The van der Waals surface area contributed by atoms with Crippen LogP contribution in [0.4, 0.5) is 0 Å². The summed E-state index contributed by atoms with van der Waals surface area (Å²) in [4.78, 5) is 0. The largest absolute Gasteiger partial charge is 0.494 e. The zero-order valence-electron chi connectivity index (χ0n) is 8.14. The Kier molecular flexibility index (Phi) is 7.87. The Hall–Kier alpha value is -0.720. The second-order valence-electron chi connectivity index (χ2n) is 2.93. The number of hydrogen-bond donors (Lipinski definition) is 0. The fourth-order valence-corrected chi connectivity index (χ4v) is 0.968. The van der Waals surface area contributed by atoms with Crippen molar-refractivity contribution in [2.24, 2.45) is 0 Å². The van der Waals surface area contributed by atoms with Crippen molar-refractivity contribution in [2.75, 3.05) is 6.61 Å². The molecule has 0 saturated carbocycles. The van der Waals surface area contributed by atoms with Crippen LogP contribution in [0.25, 0.3) is 0 Å². The summed E-state index contributed by atoms with van der Waals surface area (Å²) < 4.78 is 5.26. The lowest BCUT2D eigenvalue weighted by Crippen LogP contribution is -1.91. The van der Waals surface area contributed by atoms with Gasteiger partial charge in [-0.15, -0.1) is 0 Å². The molecule has 0 N–H and O–H groups in total. The van der Waals surface area contributed by atoms with Crippen molar-refractivity contribution in [1.82, 2.24) is 0 Å². The fourth-order valence-electron chi connectivity index (χ4n) is 0.968. The normalized spacial score (nSPS) is 9.42. The third kappa shape index (κ3) is 7.39. The van der Waals surface area contributed by atoms with Crippen LogP contribution in [0.3, 0.4) is 0 Å². The molecule has 0 aromatic carbocycles. The molecule has 0 heterocycles. The van der Waals surface area contributed by atoms with Crippen molar-refractivity contribution in [3.05, 3.63) is 25.0 Å². The highest BCUT2D eigenvalue weighted by Crippen LogP contribution is 2.04. The second kappa shape index (κ2) is 8.38. The molecule has 0 aliphatic heterocycles. The van der Waals surface area contributed by atoms with Gasteiger partial charge in [0, 0.05) is 0 Å². The number of allylic oxidation sites excluding steroid dienone is 1. The van der Waals surface area contributed by atoms with Crippen LogP contribution in [0.2, 0.25) is 0 Å². The van der Waals surface area contributed by atoms with Crippen LogP contribution < -0.4 is 0 Å². The van der Waals surface area contributed by atoms with Gasteiger partial charge in [0.2, 0.25) is 0 Å². The molecule has 0 aromatic heterocycles. The van der Waals surface area contributed by atoms with Gasteiger partial charge in [-0.25, -0.2) is 0 Å². The summed E-state index contributed by atoms with van der Waals surface area (Å²) in [6, 6.07) is 0. The van der Waals surface area contributed by atoms with Crippen LogP contribution in [-0.2, 0) is 4.74 Å². The highest BCUT2D eigenvalue weighted by Gasteiger charge is 1.90. The molecule has 0 fully saturated rings. The molecule has 1 heteroatoms. The fraction of sp³-hybridized carbons (Fsp3) is 0.636. The van der Waals surface area contributed by atoms with Gasteiger partial charge in [0.05, 0.1) is 6.61 Å². The maximum absolute atomic E-state index is 5.26. The van der Waals surface area contributed by atoms with Crippen molar-refractivity contribution in [3.63, 3.8) is 0 Å². The summed E-state index contributed by atoms with van der Waals surface area (Å²) in [7, 11) is 0. The van der Waals surface area contributed by atoms with E-state index in [4.69, 9.17) is 4.74 Å². The Morgan fingerprint density at radius 3 is 2.50 bits per heavy atom. The van der Waals surface area contributed by atoms with Gasteiger partial charge in [-0.3, -0.25) is 0 Å². The summed E-state index contributed by atoms with van der Waals surface area (Å²) in [5.74, 6) is 0.686. The van der Waals surface area contributed by atoms with Crippen LogP contribution in [0.5, 0.6) is 0 Å². The minimum atomic E-state index is 0.686. The predicted molar refractivity (Wildman–Crippen MR) is 54.0 cm³/mol. The van der Waals surface area contributed by atoms with Gasteiger partial charge in [0.25, 0.3) is 0 Å². The Bertz CT molecular complexity index is 127. The average molecular weight is 168 g/mol. The van der Waals surface area contributed by atoms with Crippen LogP contribution in [0.1, 0.15) is 39.0 Å². The maximum atomic E-state index is 5.26. The van der Waals surface area contributed by atoms with E-state index in [1.165, 1.54) is 25.7 Å². The van der Waals surface area contributed by atoms with Gasteiger partial charge in [-0.1, -0.05) is 45.8 Å². The van der Waals surface area contributed by atoms with Gasteiger partial charge in [0.15, 0.2) is 0 Å². The molecule has 0 rings (SSSR count). The number of unbranched alkanes of at least 4 members (excludes halogenated alkanes) is 4. The van der Waals surface area contributed by atoms with E-state index in [1.807, 2.05) is 0 Å². The van der Waals surface area contributed by atoms with E-state index in [9.17, 15) is 0 Å². The van der Waals surface area contributed by atoms with Gasteiger partial charge in [-0.2, -0.15) is 0 Å². The second-order valence-corrected chi connectivity index (χ2v) is 2.93. The van der Waals surface area contributed by atoms with Gasteiger partial charge < -0.3 is 4.74 Å². The molecule has 12 heavy (non-hydrogen) atoms. The van der Waals surface area contributed by atoms with E-state index in [0.717, 1.165) is 13.0 Å². The molecule has 0 bridgehead atoms. The molecule has 0 spiro atoms. The first-order valence-corrected chi connectivity index (χ1v) is 4.75. The molecule has 0 amide bonds. The molecule has 1 nitrogen and oxygen atoms in total. The summed E-state index contributed by atoms with van der Waals surface area (Å²) in [6.45, 7) is 10.2. The molecule has 0 atom stereocenters. The number of hydrogen-bond acceptors (Lipinski definition) is 1. The van der Waals surface area contributed by atoms with E-state index >= 15 is 0 Å². The maximum Gasteiger partial charge on any atom is 0.111 e. The molecule has 0 aromatic rings. The first-order valence-electron chi connectivity index (χ1n) is 4.75. The Morgan fingerprint density at radius 1 is 1.25 bits per heavy atom. The number of ether oxygens (including phenoxy) is 1. The SMILES string of the molecule is C=CC(=C)OCCCCCCC. The average Bonchev–Trinajstić information content (AvgIpc) is 2.10. The molecule has 0 aliphatic carbocycles. The Labute approximate surface area is 76.1 Å².